The van der Waals surface area contributed by atoms with Crippen molar-refractivity contribution in [2.24, 2.45) is 0 Å². The molecule has 3 aromatic rings. The van der Waals surface area contributed by atoms with Gasteiger partial charge in [0.2, 0.25) is 0 Å². The van der Waals surface area contributed by atoms with E-state index >= 15 is 0 Å². The number of para-hydroxylation sites is 1. The summed E-state index contributed by atoms with van der Waals surface area (Å²) in [6, 6.07) is 12.6. The summed E-state index contributed by atoms with van der Waals surface area (Å²) in [6.45, 7) is 1.78. The highest BCUT2D eigenvalue weighted by molar-refractivity contribution is 6.09. The van der Waals surface area contributed by atoms with Crippen molar-refractivity contribution >= 4 is 28.2 Å². The highest BCUT2D eigenvalue weighted by Gasteiger charge is 2.36. The standard InChI is InChI=1S/C23H23F3N4O/c1-30-12-9-16(10-13-30)28-17-7-8-18(19(14-17)23(24,25)26)22(31)29-20-6-2-4-15-5-3-11-27-21(15)20/h2-8,11,14,16,28H,9-10,12-13H2,1H3,(H,29,31). The van der Waals surface area contributed by atoms with E-state index in [1.54, 1.807) is 24.4 Å². The van der Waals surface area contributed by atoms with Crippen molar-refractivity contribution in [3.05, 3.63) is 65.9 Å². The number of alkyl halides is 3. The molecule has 1 saturated heterocycles. The summed E-state index contributed by atoms with van der Waals surface area (Å²) in [4.78, 5) is 19.2. The summed E-state index contributed by atoms with van der Waals surface area (Å²) in [5.74, 6) is -0.823. The Balaban J connectivity index is 1.60. The number of carbonyl (C=O) groups is 1. The number of rotatable bonds is 4. The van der Waals surface area contributed by atoms with Crippen LogP contribution in [0.4, 0.5) is 24.5 Å². The predicted octanol–water partition coefficient (Wildman–Crippen LogP) is 5.01. The minimum atomic E-state index is -4.66. The zero-order chi connectivity index (χ0) is 22.0. The highest BCUT2D eigenvalue weighted by Crippen LogP contribution is 2.35. The van der Waals surface area contributed by atoms with Crippen molar-refractivity contribution < 1.29 is 18.0 Å². The van der Waals surface area contributed by atoms with Gasteiger partial charge in [0.25, 0.3) is 5.91 Å². The molecule has 0 radical (unpaired) electrons. The molecule has 1 aliphatic heterocycles. The lowest BCUT2D eigenvalue weighted by Crippen LogP contribution is -2.36. The number of anilines is 2. The van der Waals surface area contributed by atoms with E-state index < -0.39 is 23.2 Å². The number of hydrogen-bond acceptors (Lipinski definition) is 4. The molecule has 0 spiro atoms. The fourth-order valence-electron chi connectivity index (χ4n) is 3.85. The lowest BCUT2D eigenvalue weighted by Gasteiger charge is -2.30. The molecule has 2 N–H and O–H groups in total. The van der Waals surface area contributed by atoms with Crippen molar-refractivity contribution in [2.75, 3.05) is 30.8 Å². The molecule has 0 atom stereocenters. The zero-order valence-electron chi connectivity index (χ0n) is 17.0. The van der Waals surface area contributed by atoms with E-state index in [4.69, 9.17) is 0 Å². The Morgan fingerprint density at radius 2 is 1.84 bits per heavy atom. The van der Waals surface area contributed by atoms with Crippen LogP contribution in [0.5, 0.6) is 0 Å². The normalized spacial score (nSPS) is 15.7. The molecule has 5 nitrogen and oxygen atoms in total. The molecule has 0 saturated carbocycles. The molecule has 0 aliphatic carbocycles. The van der Waals surface area contributed by atoms with Crippen molar-refractivity contribution in [3.63, 3.8) is 0 Å². The quantitative estimate of drug-likeness (QED) is 0.613. The Labute approximate surface area is 178 Å². The van der Waals surface area contributed by atoms with Crippen molar-refractivity contribution in [2.45, 2.75) is 25.1 Å². The first-order valence-corrected chi connectivity index (χ1v) is 10.1. The molecule has 31 heavy (non-hydrogen) atoms. The molecule has 162 valence electrons. The topological polar surface area (TPSA) is 57.3 Å². The van der Waals surface area contributed by atoms with E-state index in [0.717, 1.165) is 37.4 Å². The summed E-state index contributed by atoms with van der Waals surface area (Å²) in [5, 5.41) is 6.56. The lowest BCUT2D eigenvalue weighted by atomic mass is 10.0. The second kappa shape index (κ2) is 8.55. The van der Waals surface area contributed by atoms with Gasteiger partial charge in [-0.15, -0.1) is 0 Å². The van der Waals surface area contributed by atoms with Gasteiger partial charge < -0.3 is 15.5 Å². The van der Waals surface area contributed by atoms with Crippen LogP contribution >= 0.6 is 0 Å². The minimum Gasteiger partial charge on any atom is -0.382 e. The number of amides is 1. The molecule has 0 unspecified atom stereocenters. The van der Waals surface area contributed by atoms with Crippen LogP contribution in [0, 0.1) is 0 Å². The average Bonchev–Trinajstić information content (AvgIpc) is 2.75. The van der Waals surface area contributed by atoms with Crippen LogP contribution < -0.4 is 10.6 Å². The monoisotopic (exact) mass is 428 g/mol. The van der Waals surface area contributed by atoms with Crippen molar-refractivity contribution in [1.29, 1.82) is 0 Å². The summed E-state index contributed by atoms with van der Waals surface area (Å²) in [6.07, 6.45) is -1.38. The molecule has 1 fully saturated rings. The molecule has 1 aliphatic rings. The van der Waals surface area contributed by atoms with Crippen LogP contribution in [0.2, 0.25) is 0 Å². The first-order valence-electron chi connectivity index (χ1n) is 10.1. The van der Waals surface area contributed by atoms with Gasteiger partial charge in [-0.1, -0.05) is 18.2 Å². The summed E-state index contributed by atoms with van der Waals surface area (Å²) in [5.41, 5.74) is -0.132. The Bertz CT molecular complexity index is 1090. The number of halogens is 3. The van der Waals surface area contributed by atoms with Gasteiger partial charge in [-0.2, -0.15) is 13.2 Å². The van der Waals surface area contributed by atoms with Crippen LogP contribution in [-0.2, 0) is 6.18 Å². The van der Waals surface area contributed by atoms with Crippen molar-refractivity contribution in [1.82, 2.24) is 9.88 Å². The average molecular weight is 428 g/mol. The second-order valence-electron chi connectivity index (χ2n) is 7.81. The number of piperidine rings is 1. The fraction of sp³-hybridized carbons (Fsp3) is 0.304. The predicted molar refractivity (Wildman–Crippen MR) is 115 cm³/mol. The molecule has 2 heterocycles. The number of nitrogens with one attached hydrogen (secondary N) is 2. The third-order valence-electron chi connectivity index (χ3n) is 5.54. The number of hydrogen-bond donors (Lipinski definition) is 2. The number of benzene rings is 2. The van der Waals surface area contributed by atoms with E-state index in [2.05, 4.69) is 20.5 Å². The molecule has 1 amide bonds. The second-order valence-corrected chi connectivity index (χ2v) is 7.81. The fourth-order valence-corrected chi connectivity index (χ4v) is 3.85. The number of nitrogens with zero attached hydrogens (tertiary/aromatic N) is 2. The largest absolute Gasteiger partial charge is 0.417 e. The third-order valence-corrected chi connectivity index (χ3v) is 5.54. The zero-order valence-corrected chi connectivity index (χ0v) is 17.0. The Morgan fingerprint density at radius 3 is 2.58 bits per heavy atom. The first kappa shape index (κ1) is 21.1. The van der Waals surface area contributed by atoms with E-state index in [-0.39, 0.29) is 6.04 Å². The van der Waals surface area contributed by atoms with Gasteiger partial charge in [0.15, 0.2) is 0 Å². The van der Waals surface area contributed by atoms with E-state index in [9.17, 15) is 18.0 Å². The smallest absolute Gasteiger partial charge is 0.382 e. The number of likely N-dealkylation sites (tertiary alicyclic amines) is 1. The Morgan fingerprint density at radius 1 is 1.10 bits per heavy atom. The van der Waals surface area contributed by atoms with Crippen molar-refractivity contribution in [3.8, 4) is 0 Å². The highest BCUT2D eigenvalue weighted by atomic mass is 19.4. The molecular formula is C23H23F3N4O. The molecule has 2 aromatic carbocycles. The summed E-state index contributed by atoms with van der Waals surface area (Å²) in [7, 11) is 2.02. The van der Waals surface area contributed by atoms with Gasteiger partial charge in [0, 0.05) is 23.3 Å². The van der Waals surface area contributed by atoms with E-state index in [1.165, 1.54) is 12.1 Å². The number of carbonyl (C=O) groups excluding carboxylic acids is 1. The number of aromatic nitrogens is 1. The molecule has 8 heteroatoms. The van der Waals surface area contributed by atoms with Crippen LogP contribution in [0.1, 0.15) is 28.8 Å². The summed E-state index contributed by atoms with van der Waals surface area (Å²) >= 11 is 0. The van der Waals surface area contributed by atoms with Gasteiger partial charge in [0.05, 0.1) is 22.3 Å². The maximum atomic E-state index is 13.8. The first-order chi connectivity index (χ1) is 14.8. The number of fused-ring (bicyclic) bond motifs is 1. The molecule has 1 aromatic heterocycles. The van der Waals surface area contributed by atoms with Gasteiger partial charge in [-0.3, -0.25) is 9.78 Å². The number of pyridine rings is 1. The maximum Gasteiger partial charge on any atom is 0.417 e. The lowest BCUT2D eigenvalue weighted by molar-refractivity contribution is -0.137. The summed E-state index contributed by atoms with van der Waals surface area (Å²) < 4.78 is 41.4. The molecule has 0 bridgehead atoms. The van der Waals surface area contributed by atoms with Crippen LogP contribution in [0.25, 0.3) is 10.9 Å². The Hall–Kier alpha value is -3.13. The van der Waals surface area contributed by atoms with E-state index in [1.807, 2.05) is 19.2 Å². The van der Waals surface area contributed by atoms with Crippen LogP contribution in [-0.4, -0.2) is 42.0 Å². The van der Waals surface area contributed by atoms with Gasteiger partial charge in [-0.05, 0) is 63.3 Å². The third kappa shape index (κ3) is 4.80. The maximum absolute atomic E-state index is 13.8. The van der Waals surface area contributed by atoms with Crippen LogP contribution in [0.15, 0.2) is 54.7 Å². The minimum absolute atomic E-state index is 0.110. The van der Waals surface area contributed by atoms with Gasteiger partial charge in [-0.25, -0.2) is 0 Å². The SMILES string of the molecule is CN1CCC(Nc2ccc(C(=O)Nc3cccc4cccnc34)c(C(F)(F)F)c2)CC1. The Kier molecular flexibility index (Phi) is 5.82. The molecule has 4 rings (SSSR count). The van der Waals surface area contributed by atoms with Crippen LogP contribution in [0.3, 0.4) is 0 Å². The molecular weight excluding hydrogens is 405 g/mol. The van der Waals surface area contributed by atoms with E-state index in [0.29, 0.717) is 16.9 Å². The van der Waals surface area contributed by atoms with Gasteiger partial charge >= 0.3 is 6.18 Å². The van der Waals surface area contributed by atoms with Gasteiger partial charge in [0.1, 0.15) is 0 Å².